The molecule has 85 heavy (non-hydrogen) atoms. The van der Waals surface area contributed by atoms with Crippen LogP contribution in [-0.2, 0) is 38.4 Å². The third-order valence-electron chi connectivity index (χ3n) is 18.7. The standard InChI is InChI=1S/C69H92N8O8/c1-5-46(2)63(79)73-60(53-37-22-11-23-38-53)69(85)77-44-25-40-56(77)65(81)75-62(59(51-33-18-9-19-34-51)52-35-20-10-21-36-52)67(83)72-42-26-41-71-66(82)61(58(49-29-14-7-15-30-49)50-31-16-8-17-32-50)74-64(80)55-39-24-43-76(55)68(84)54(45-57(78)47(3)70-4)48-27-12-6-13-28-48/h7-10,14-21,29-36,46-48,53-56,58-62,70H,5-6,11-13,22-28,37-45H2,1-4H3,(H,71,82)(H,72,83)(H,73,79)(H,74,80)(H,75,81)/t46-,47-,54+,55?,56?,60+,61+,62+/m1/s1. The van der Waals surface area contributed by atoms with Gasteiger partial charge < -0.3 is 41.7 Å². The fourth-order valence-corrected chi connectivity index (χ4v) is 13.5. The second-order valence-electron chi connectivity index (χ2n) is 24.3. The predicted octanol–water partition coefficient (Wildman–Crippen LogP) is 8.10. The second-order valence-corrected chi connectivity index (χ2v) is 24.3. The van der Waals surface area contributed by atoms with Gasteiger partial charge in [-0.2, -0.15) is 0 Å². The Labute approximate surface area is 503 Å². The molecule has 2 saturated carbocycles. The number of benzene rings is 4. The molecule has 0 aromatic heterocycles. The van der Waals surface area contributed by atoms with E-state index < -0.39 is 77.6 Å². The summed E-state index contributed by atoms with van der Waals surface area (Å²) in [4.78, 5) is 119. The molecule has 2 aliphatic heterocycles. The number of ketones is 1. The summed E-state index contributed by atoms with van der Waals surface area (Å²) in [5, 5.41) is 18.6. The van der Waals surface area contributed by atoms with Crippen molar-refractivity contribution < 1.29 is 38.4 Å². The van der Waals surface area contributed by atoms with Gasteiger partial charge in [-0.05, 0) is 112 Å². The van der Waals surface area contributed by atoms with Crippen molar-refractivity contribution in [1.29, 1.82) is 0 Å². The van der Waals surface area contributed by atoms with E-state index in [1.807, 2.05) is 142 Å². The van der Waals surface area contributed by atoms with E-state index >= 15 is 0 Å². The van der Waals surface area contributed by atoms with Gasteiger partial charge in [0.1, 0.15) is 36.0 Å². The molecule has 456 valence electrons. The van der Waals surface area contributed by atoms with Crippen molar-refractivity contribution in [3.05, 3.63) is 144 Å². The van der Waals surface area contributed by atoms with Crippen molar-refractivity contribution in [2.75, 3.05) is 33.2 Å². The molecule has 2 unspecified atom stereocenters. The first kappa shape index (κ1) is 63.8. The maximum absolute atomic E-state index is 15.0. The molecule has 4 aromatic rings. The van der Waals surface area contributed by atoms with Gasteiger partial charge in [0.05, 0.1) is 6.04 Å². The molecule has 8 rings (SSSR count). The van der Waals surface area contributed by atoms with Crippen molar-refractivity contribution >= 4 is 47.1 Å². The van der Waals surface area contributed by atoms with Crippen LogP contribution in [-0.4, -0.2) is 126 Å². The zero-order chi connectivity index (χ0) is 60.2. The number of likely N-dealkylation sites (tertiary alicyclic amines) is 2. The van der Waals surface area contributed by atoms with Crippen molar-refractivity contribution in [1.82, 2.24) is 41.7 Å². The largest absolute Gasteiger partial charge is 0.354 e. The lowest BCUT2D eigenvalue weighted by Gasteiger charge is -2.36. The first-order chi connectivity index (χ1) is 41.3. The Bertz CT molecular complexity index is 2560. The molecule has 6 N–H and O–H groups in total. The molecule has 7 amide bonds. The van der Waals surface area contributed by atoms with Crippen LogP contribution in [0.4, 0.5) is 0 Å². The van der Waals surface area contributed by atoms with E-state index in [9.17, 15) is 38.4 Å². The summed E-state index contributed by atoms with van der Waals surface area (Å²) in [5.41, 5.74) is 3.21. The van der Waals surface area contributed by atoms with E-state index in [2.05, 4.69) is 31.9 Å². The predicted molar refractivity (Wildman–Crippen MR) is 330 cm³/mol. The van der Waals surface area contributed by atoms with Crippen LogP contribution in [0.1, 0.15) is 164 Å². The first-order valence-corrected chi connectivity index (χ1v) is 31.8. The lowest BCUT2D eigenvalue weighted by Crippen LogP contribution is -2.59. The molecule has 0 radical (unpaired) electrons. The minimum Gasteiger partial charge on any atom is -0.354 e. The summed E-state index contributed by atoms with van der Waals surface area (Å²) >= 11 is 0. The number of nitrogens with one attached hydrogen (secondary N) is 6. The Morgan fingerprint density at radius 1 is 0.482 bits per heavy atom. The van der Waals surface area contributed by atoms with E-state index in [0.717, 1.165) is 86.5 Å². The van der Waals surface area contributed by atoms with Crippen molar-refractivity contribution in [2.24, 2.45) is 23.7 Å². The third kappa shape index (κ3) is 16.6. The Morgan fingerprint density at radius 3 is 1.28 bits per heavy atom. The Morgan fingerprint density at radius 2 is 0.882 bits per heavy atom. The number of amides is 7. The highest BCUT2D eigenvalue weighted by molar-refractivity contribution is 5.97. The van der Waals surface area contributed by atoms with Gasteiger partial charge in [-0.1, -0.05) is 174 Å². The molecule has 4 aliphatic rings. The van der Waals surface area contributed by atoms with Gasteiger partial charge >= 0.3 is 0 Å². The molecule has 2 saturated heterocycles. The SMILES string of the molecule is CC[C@@H](C)C(=O)N[C@H](C(=O)N1CCCC1C(=O)N[C@H](C(=O)NCCCNC(=O)[C@@H](NC(=O)C1CCCN1C(=O)[C@@H](CC(=O)[C@@H](C)NC)C1CCCCC1)C(c1ccccc1)c1ccccc1)C(c1ccccc1)c1ccccc1)C1CCCCC1. The van der Waals surface area contributed by atoms with Crippen LogP contribution < -0.4 is 31.9 Å². The van der Waals surface area contributed by atoms with Gasteiger partial charge in [-0.3, -0.25) is 38.4 Å². The van der Waals surface area contributed by atoms with E-state index in [0.29, 0.717) is 45.2 Å². The summed E-state index contributed by atoms with van der Waals surface area (Å²) in [6, 6.07) is 33.1. The maximum Gasteiger partial charge on any atom is 0.246 e. The highest BCUT2D eigenvalue weighted by Gasteiger charge is 2.45. The number of carbonyl (C=O) groups excluding carboxylic acids is 8. The Balaban J connectivity index is 0.999. The van der Waals surface area contributed by atoms with Gasteiger partial charge in [0.25, 0.3) is 0 Å². The van der Waals surface area contributed by atoms with Gasteiger partial charge in [0.2, 0.25) is 41.4 Å². The highest BCUT2D eigenvalue weighted by Crippen LogP contribution is 2.37. The van der Waals surface area contributed by atoms with Gasteiger partial charge in [0, 0.05) is 56.3 Å². The number of nitrogens with zero attached hydrogens (tertiary/aromatic N) is 2. The molecule has 0 spiro atoms. The van der Waals surface area contributed by atoms with Crippen molar-refractivity contribution in [2.45, 2.75) is 178 Å². The third-order valence-corrected chi connectivity index (χ3v) is 18.7. The average Bonchev–Trinajstić information content (AvgIpc) is 4.09. The van der Waals surface area contributed by atoms with Crippen LogP contribution >= 0.6 is 0 Å². The summed E-state index contributed by atoms with van der Waals surface area (Å²) in [7, 11) is 1.74. The number of carbonyl (C=O) groups is 8. The summed E-state index contributed by atoms with van der Waals surface area (Å²) in [6.07, 6.45) is 12.5. The fraction of sp³-hybridized carbons (Fsp3) is 0.536. The van der Waals surface area contributed by atoms with Crippen molar-refractivity contribution in [3.63, 3.8) is 0 Å². The van der Waals surface area contributed by atoms with Crippen LogP contribution in [0.15, 0.2) is 121 Å². The zero-order valence-electron chi connectivity index (χ0n) is 50.5. The monoisotopic (exact) mass is 1160 g/mol. The smallest absolute Gasteiger partial charge is 0.246 e. The van der Waals surface area contributed by atoms with Gasteiger partial charge in [0.15, 0.2) is 0 Å². The van der Waals surface area contributed by atoms with Gasteiger partial charge in [-0.25, -0.2) is 0 Å². The minimum atomic E-state index is -1.13. The molecular weight excluding hydrogens is 1070 g/mol. The summed E-state index contributed by atoms with van der Waals surface area (Å²) < 4.78 is 0. The maximum atomic E-state index is 15.0. The van der Waals surface area contributed by atoms with Crippen LogP contribution in [0.2, 0.25) is 0 Å². The Hall–Kier alpha value is -7.20. The van der Waals surface area contributed by atoms with E-state index in [1.54, 1.807) is 16.8 Å². The molecule has 8 atom stereocenters. The normalized spacial score (nSPS) is 19.7. The number of hydrogen-bond donors (Lipinski definition) is 6. The van der Waals surface area contributed by atoms with E-state index in [1.165, 1.54) is 0 Å². The van der Waals surface area contributed by atoms with Crippen LogP contribution in [0.5, 0.6) is 0 Å². The molecule has 16 heteroatoms. The zero-order valence-corrected chi connectivity index (χ0v) is 50.5. The first-order valence-electron chi connectivity index (χ1n) is 31.8. The lowest BCUT2D eigenvalue weighted by atomic mass is 9.76. The summed E-state index contributed by atoms with van der Waals surface area (Å²) in [6.45, 7) is 6.57. The molecule has 4 fully saturated rings. The number of hydrogen-bond acceptors (Lipinski definition) is 9. The van der Waals surface area contributed by atoms with Crippen LogP contribution in [0, 0.1) is 23.7 Å². The number of rotatable bonds is 27. The second kappa shape index (κ2) is 31.8. The fourth-order valence-electron chi connectivity index (χ4n) is 13.5. The Kier molecular flexibility index (Phi) is 23.9. The minimum absolute atomic E-state index is 0.0313. The van der Waals surface area contributed by atoms with Crippen LogP contribution in [0.25, 0.3) is 0 Å². The molecule has 2 aliphatic carbocycles. The van der Waals surface area contributed by atoms with Crippen LogP contribution in [0.3, 0.4) is 0 Å². The lowest BCUT2D eigenvalue weighted by molar-refractivity contribution is -0.145. The average molecular weight is 1160 g/mol. The van der Waals surface area contributed by atoms with Gasteiger partial charge in [-0.15, -0.1) is 0 Å². The number of Topliss-reactive ketones (excluding diaryl/α,β-unsaturated/α-hetero) is 1. The summed E-state index contributed by atoms with van der Waals surface area (Å²) in [5.74, 6) is -4.48. The van der Waals surface area contributed by atoms with E-state index in [-0.39, 0.29) is 67.2 Å². The highest BCUT2D eigenvalue weighted by atomic mass is 16.2. The molecule has 4 aromatic carbocycles. The molecule has 2 heterocycles. The van der Waals surface area contributed by atoms with Crippen molar-refractivity contribution in [3.8, 4) is 0 Å². The molecular formula is C69H92N8O8. The molecule has 16 nitrogen and oxygen atoms in total. The topological polar surface area (TPSA) is 215 Å². The quantitative estimate of drug-likeness (QED) is 0.0318. The number of likely N-dealkylation sites (N-methyl/N-ethyl adjacent to an activating group) is 1. The molecule has 0 bridgehead atoms. The van der Waals surface area contributed by atoms with E-state index in [4.69, 9.17) is 0 Å².